The van der Waals surface area contributed by atoms with Crippen LogP contribution in [0.3, 0.4) is 0 Å². The standard InChI is InChI=1S/C18H17ClN4/c1-12-2-4-14(5-3-12)17-10-16(13-6-8-15(19)9-7-13)22-18-20-11-21-23(17)18/h2-9,11,16-17H,10H2,1H3,(H,20,21,22). The monoisotopic (exact) mass is 324 g/mol. The molecule has 4 nitrogen and oxygen atoms in total. The second-order valence-corrected chi connectivity index (χ2v) is 6.38. The van der Waals surface area contributed by atoms with Gasteiger partial charge in [-0.1, -0.05) is 53.6 Å². The van der Waals surface area contributed by atoms with Crippen LogP contribution in [0, 0.1) is 6.92 Å². The second kappa shape index (κ2) is 5.70. The van der Waals surface area contributed by atoms with Crippen LogP contribution < -0.4 is 5.32 Å². The molecule has 23 heavy (non-hydrogen) atoms. The highest BCUT2D eigenvalue weighted by molar-refractivity contribution is 6.30. The molecule has 2 unspecified atom stereocenters. The summed E-state index contributed by atoms with van der Waals surface area (Å²) in [6, 6.07) is 17.0. The van der Waals surface area contributed by atoms with E-state index in [4.69, 9.17) is 11.6 Å². The molecule has 0 saturated carbocycles. The summed E-state index contributed by atoms with van der Waals surface area (Å²) in [5.74, 6) is 0.807. The molecule has 1 aliphatic rings. The van der Waals surface area contributed by atoms with Crippen LogP contribution in [-0.2, 0) is 0 Å². The van der Waals surface area contributed by atoms with E-state index >= 15 is 0 Å². The van der Waals surface area contributed by atoms with Crippen molar-refractivity contribution >= 4 is 17.5 Å². The normalized spacial score (nSPS) is 19.9. The first-order valence-corrected chi connectivity index (χ1v) is 8.06. The Labute approximate surface area is 140 Å². The lowest BCUT2D eigenvalue weighted by atomic mass is 9.93. The number of benzene rings is 2. The van der Waals surface area contributed by atoms with Gasteiger partial charge in [-0.15, -0.1) is 0 Å². The maximum atomic E-state index is 6.01. The van der Waals surface area contributed by atoms with E-state index in [0.717, 1.165) is 17.4 Å². The van der Waals surface area contributed by atoms with E-state index in [1.165, 1.54) is 16.7 Å². The number of nitrogens with one attached hydrogen (secondary N) is 1. The fraction of sp³-hybridized carbons (Fsp3) is 0.222. The molecule has 5 heteroatoms. The maximum Gasteiger partial charge on any atom is 0.222 e. The summed E-state index contributed by atoms with van der Waals surface area (Å²) >= 11 is 6.01. The summed E-state index contributed by atoms with van der Waals surface area (Å²) < 4.78 is 1.97. The molecule has 0 saturated heterocycles. The minimum absolute atomic E-state index is 0.176. The number of aryl methyl sites for hydroxylation is 1. The molecule has 1 aromatic heterocycles. The van der Waals surface area contributed by atoms with Gasteiger partial charge in [0.05, 0.1) is 12.1 Å². The Morgan fingerprint density at radius 3 is 2.48 bits per heavy atom. The zero-order valence-electron chi connectivity index (χ0n) is 12.8. The third-order valence-corrected chi connectivity index (χ3v) is 4.62. The highest BCUT2D eigenvalue weighted by Crippen LogP contribution is 2.37. The number of nitrogens with zero attached hydrogens (tertiary/aromatic N) is 3. The predicted molar refractivity (Wildman–Crippen MR) is 91.8 cm³/mol. The van der Waals surface area contributed by atoms with Crippen molar-refractivity contribution in [2.45, 2.75) is 25.4 Å². The number of hydrogen-bond acceptors (Lipinski definition) is 3. The van der Waals surface area contributed by atoms with E-state index < -0.39 is 0 Å². The van der Waals surface area contributed by atoms with Gasteiger partial charge in [0.2, 0.25) is 5.95 Å². The Bertz CT molecular complexity index is 808. The predicted octanol–water partition coefficient (Wildman–Crippen LogP) is 4.39. The van der Waals surface area contributed by atoms with Gasteiger partial charge in [0.25, 0.3) is 0 Å². The summed E-state index contributed by atoms with van der Waals surface area (Å²) in [6.45, 7) is 2.10. The van der Waals surface area contributed by atoms with E-state index in [-0.39, 0.29) is 12.1 Å². The van der Waals surface area contributed by atoms with Gasteiger partial charge in [-0.05, 0) is 36.6 Å². The van der Waals surface area contributed by atoms with Crippen molar-refractivity contribution in [2.24, 2.45) is 0 Å². The van der Waals surface area contributed by atoms with Crippen LogP contribution in [0.2, 0.25) is 5.02 Å². The summed E-state index contributed by atoms with van der Waals surface area (Å²) in [6.07, 6.45) is 2.52. The highest BCUT2D eigenvalue weighted by Gasteiger charge is 2.29. The number of fused-ring (bicyclic) bond motifs is 1. The molecule has 0 amide bonds. The molecule has 0 radical (unpaired) electrons. The molecular formula is C18H17ClN4. The first kappa shape index (κ1) is 14.3. The van der Waals surface area contributed by atoms with Crippen LogP contribution in [-0.4, -0.2) is 14.8 Å². The van der Waals surface area contributed by atoms with Crippen molar-refractivity contribution in [3.8, 4) is 0 Å². The van der Waals surface area contributed by atoms with Crippen molar-refractivity contribution in [2.75, 3.05) is 5.32 Å². The average Bonchev–Trinajstić information content (AvgIpc) is 3.04. The molecule has 0 bridgehead atoms. The van der Waals surface area contributed by atoms with Crippen LogP contribution in [0.25, 0.3) is 0 Å². The lowest BCUT2D eigenvalue weighted by Crippen LogP contribution is -2.28. The lowest BCUT2D eigenvalue weighted by molar-refractivity contribution is 0.431. The van der Waals surface area contributed by atoms with Crippen molar-refractivity contribution in [1.82, 2.24) is 14.8 Å². The molecule has 3 aromatic rings. The minimum atomic E-state index is 0.176. The number of rotatable bonds is 2. The van der Waals surface area contributed by atoms with Gasteiger partial charge in [0.15, 0.2) is 0 Å². The zero-order chi connectivity index (χ0) is 15.8. The molecule has 0 fully saturated rings. The number of hydrogen-bond donors (Lipinski definition) is 1. The summed E-state index contributed by atoms with van der Waals surface area (Å²) in [5, 5.41) is 8.62. The third kappa shape index (κ3) is 2.70. The van der Waals surface area contributed by atoms with Gasteiger partial charge >= 0.3 is 0 Å². The summed E-state index contributed by atoms with van der Waals surface area (Å²) in [5.41, 5.74) is 3.72. The third-order valence-electron chi connectivity index (χ3n) is 4.37. The van der Waals surface area contributed by atoms with Crippen molar-refractivity contribution in [3.05, 3.63) is 76.6 Å². The highest BCUT2D eigenvalue weighted by atomic mass is 35.5. The minimum Gasteiger partial charge on any atom is -0.348 e. The van der Waals surface area contributed by atoms with Crippen LogP contribution in [0.1, 0.15) is 35.2 Å². The van der Waals surface area contributed by atoms with E-state index in [1.807, 2.05) is 16.8 Å². The molecule has 2 heterocycles. The first-order chi connectivity index (χ1) is 11.2. The SMILES string of the molecule is Cc1ccc(C2CC(c3ccc(Cl)cc3)Nc3ncnn32)cc1. The van der Waals surface area contributed by atoms with Gasteiger partial charge in [0.1, 0.15) is 6.33 Å². The topological polar surface area (TPSA) is 42.7 Å². The van der Waals surface area contributed by atoms with Gasteiger partial charge in [-0.25, -0.2) is 4.68 Å². The lowest BCUT2D eigenvalue weighted by Gasteiger charge is -2.31. The number of aromatic nitrogens is 3. The average molecular weight is 325 g/mol. The quantitative estimate of drug-likeness (QED) is 0.760. The molecule has 1 aliphatic heterocycles. The van der Waals surface area contributed by atoms with Crippen molar-refractivity contribution in [3.63, 3.8) is 0 Å². The van der Waals surface area contributed by atoms with Crippen LogP contribution >= 0.6 is 11.6 Å². The Morgan fingerprint density at radius 1 is 1.04 bits per heavy atom. The Kier molecular flexibility index (Phi) is 3.54. The van der Waals surface area contributed by atoms with Crippen molar-refractivity contribution in [1.29, 1.82) is 0 Å². The van der Waals surface area contributed by atoms with Crippen LogP contribution in [0.4, 0.5) is 5.95 Å². The number of halogens is 1. The van der Waals surface area contributed by atoms with E-state index in [0.29, 0.717) is 0 Å². The molecule has 2 atom stereocenters. The van der Waals surface area contributed by atoms with E-state index in [9.17, 15) is 0 Å². The van der Waals surface area contributed by atoms with Gasteiger partial charge in [0, 0.05) is 5.02 Å². The molecule has 4 rings (SSSR count). The number of anilines is 1. The maximum absolute atomic E-state index is 6.01. The smallest absolute Gasteiger partial charge is 0.222 e. The summed E-state index contributed by atoms with van der Waals surface area (Å²) in [4.78, 5) is 4.36. The molecule has 0 spiro atoms. The molecule has 2 aromatic carbocycles. The van der Waals surface area contributed by atoms with E-state index in [1.54, 1.807) is 6.33 Å². The van der Waals surface area contributed by atoms with Crippen LogP contribution in [0.5, 0.6) is 0 Å². The van der Waals surface area contributed by atoms with Crippen molar-refractivity contribution < 1.29 is 0 Å². The first-order valence-electron chi connectivity index (χ1n) is 7.69. The van der Waals surface area contributed by atoms with Gasteiger partial charge in [-0.2, -0.15) is 10.1 Å². The zero-order valence-corrected chi connectivity index (χ0v) is 13.5. The molecule has 0 aliphatic carbocycles. The fourth-order valence-electron chi connectivity index (χ4n) is 3.10. The summed E-state index contributed by atoms with van der Waals surface area (Å²) in [7, 11) is 0. The van der Waals surface area contributed by atoms with E-state index in [2.05, 4.69) is 58.7 Å². The Hall–Kier alpha value is -2.33. The van der Waals surface area contributed by atoms with Crippen LogP contribution in [0.15, 0.2) is 54.9 Å². The molecule has 1 N–H and O–H groups in total. The Morgan fingerprint density at radius 2 is 1.74 bits per heavy atom. The van der Waals surface area contributed by atoms with Gasteiger partial charge < -0.3 is 5.32 Å². The molecular weight excluding hydrogens is 308 g/mol. The largest absolute Gasteiger partial charge is 0.348 e. The molecule has 116 valence electrons. The Balaban J connectivity index is 1.71. The fourth-order valence-corrected chi connectivity index (χ4v) is 3.23. The second-order valence-electron chi connectivity index (χ2n) is 5.94. The van der Waals surface area contributed by atoms with Gasteiger partial charge in [-0.3, -0.25) is 0 Å².